The number of nitrogens with zero attached hydrogens (tertiary/aromatic N) is 5. The molecule has 1 saturated heterocycles. The van der Waals surface area contributed by atoms with Gasteiger partial charge in [0.05, 0.1) is 11.7 Å². The van der Waals surface area contributed by atoms with Crippen LogP contribution in [0.15, 0.2) is 59.8 Å². The predicted octanol–water partition coefficient (Wildman–Crippen LogP) is 4.80. The summed E-state index contributed by atoms with van der Waals surface area (Å²) < 4.78 is 20.6. The van der Waals surface area contributed by atoms with Crippen molar-refractivity contribution in [2.75, 3.05) is 49.7 Å². The molecule has 0 bridgehead atoms. The molecule has 1 unspecified atom stereocenters. The lowest BCUT2D eigenvalue weighted by atomic mass is 9.91. The van der Waals surface area contributed by atoms with E-state index in [2.05, 4.69) is 32.1 Å². The lowest BCUT2D eigenvalue weighted by molar-refractivity contribution is 0.101. The number of ether oxygens (including phenoxy) is 1. The van der Waals surface area contributed by atoms with Gasteiger partial charge in [-0.05, 0) is 42.5 Å². The molecule has 0 aliphatic carbocycles. The SMILES string of the molecule is CN1CCN(c2cc(Oc3cccc4cc(C(=O)Nc5cc(C(C)(C)C)ncc5[S+](C)[O-])n(C)c34)ccn2)CC1. The van der Waals surface area contributed by atoms with Crippen molar-refractivity contribution in [2.45, 2.75) is 31.1 Å². The first kappa shape index (κ1) is 27.9. The summed E-state index contributed by atoms with van der Waals surface area (Å²) in [6, 6.07) is 13.2. The Kier molecular flexibility index (Phi) is 7.76. The number of amides is 1. The van der Waals surface area contributed by atoms with Crippen LogP contribution in [0.3, 0.4) is 0 Å². The van der Waals surface area contributed by atoms with Crippen molar-refractivity contribution in [2.24, 2.45) is 7.05 Å². The number of carbonyl (C=O) groups is 1. The van der Waals surface area contributed by atoms with E-state index in [9.17, 15) is 9.35 Å². The Morgan fingerprint density at radius 1 is 1.05 bits per heavy atom. The van der Waals surface area contributed by atoms with Crippen LogP contribution >= 0.6 is 0 Å². The Morgan fingerprint density at radius 2 is 1.80 bits per heavy atom. The number of fused-ring (bicyclic) bond motifs is 1. The number of hydrogen-bond donors (Lipinski definition) is 1. The maximum atomic E-state index is 13.5. The van der Waals surface area contributed by atoms with Crippen molar-refractivity contribution in [1.82, 2.24) is 19.4 Å². The number of piperazine rings is 1. The van der Waals surface area contributed by atoms with E-state index in [0.717, 1.165) is 48.6 Å². The van der Waals surface area contributed by atoms with Gasteiger partial charge in [-0.15, -0.1) is 0 Å². The Hall–Kier alpha value is -3.60. The van der Waals surface area contributed by atoms with Crippen LogP contribution in [0, 0.1) is 0 Å². The highest BCUT2D eigenvalue weighted by Crippen LogP contribution is 2.34. The third kappa shape index (κ3) is 5.79. The Bertz CT molecular complexity index is 1540. The standard InChI is InChI=1S/C30H36N6O3S/c1-30(2,3)26-18-22(25(19-32-26)40(6)38)33-29(37)23-16-20-8-7-9-24(28(20)35(23)5)39-21-10-11-31-27(17-21)36-14-12-34(4)13-15-36/h7-11,16-19H,12-15H2,1-6H3,(H,32,33,37). The molecule has 1 atom stereocenters. The van der Waals surface area contributed by atoms with Gasteiger partial charge in [-0.1, -0.05) is 32.9 Å². The molecule has 5 rings (SSSR count). The molecule has 1 amide bonds. The second-order valence-corrected chi connectivity index (χ2v) is 12.6. The van der Waals surface area contributed by atoms with Gasteiger partial charge in [0.15, 0.2) is 10.6 Å². The van der Waals surface area contributed by atoms with Crippen LogP contribution in [0.5, 0.6) is 11.5 Å². The number of rotatable bonds is 6. The number of aromatic nitrogens is 3. The van der Waals surface area contributed by atoms with Gasteiger partial charge >= 0.3 is 0 Å². The average molecular weight is 561 g/mol. The number of likely N-dealkylation sites (N-methyl/N-ethyl adjacent to an activating group) is 1. The van der Waals surface area contributed by atoms with Crippen molar-refractivity contribution in [1.29, 1.82) is 0 Å². The molecule has 1 fully saturated rings. The maximum Gasteiger partial charge on any atom is 0.272 e. The molecule has 1 aliphatic heterocycles. The summed E-state index contributed by atoms with van der Waals surface area (Å²) in [4.78, 5) is 27.6. The summed E-state index contributed by atoms with van der Waals surface area (Å²) in [6.45, 7) is 9.96. The minimum Gasteiger partial charge on any atom is -0.612 e. The van der Waals surface area contributed by atoms with Gasteiger partial charge in [0.25, 0.3) is 5.91 Å². The van der Waals surface area contributed by atoms with Crippen LogP contribution in [0.2, 0.25) is 0 Å². The third-order valence-corrected chi connectivity index (χ3v) is 8.16. The number of anilines is 2. The zero-order valence-electron chi connectivity index (χ0n) is 23.9. The largest absolute Gasteiger partial charge is 0.612 e. The smallest absolute Gasteiger partial charge is 0.272 e. The minimum atomic E-state index is -1.32. The highest BCUT2D eigenvalue weighted by molar-refractivity contribution is 7.90. The molecule has 1 aliphatic rings. The molecule has 4 aromatic rings. The topological polar surface area (TPSA) is 98.6 Å². The van der Waals surface area contributed by atoms with E-state index >= 15 is 0 Å². The summed E-state index contributed by atoms with van der Waals surface area (Å²) in [5.74, 6) is 1.92. The number of pyridine rings is 2. The van der Waals surface area contributed by atoms with Crippen LogP contribution in [-0.4, -0.2) is 69.4 Å². The Labute approximate surface area is 238 Å². The number of hydrogen-bond acceptors (Lipinski definition) is 7. The van der Waals surface area contributed by atoms with Crippen molar-refractivity contribution >= 4 is 39.5 Å². The van der Waals surface area contributed by atoms with Gasteiger partial charge in [0, 0.05) is 62.0 Å². The van der Waals surface area contributed by atoms with Crippen LogP contribution in [0.4, 0.5) is 11.5 Å². The van der Waals surface area contributed by atoms with Crippen LogP contribution in [0.25, 0.3) is 10.9 Å². The van der Waals surface area contributed by atoms with Crippen molar-refractivity contribution in [3.63, 3.8) is 0 Å². The molecular weight excluding hydrogens is 524 g/mol. The normalized spacial score (nSPS) is 15.3. The van der Waals surface area contributed by atoms with E-state index in [1.165, 1.54) is 0 Å². The molecule has 3 aromatic heterocycles. The van der Waals surface area contributed by atoms with E-state index in [4.69, 9.17) is 4.74 Å². The van der Waals surface area contributed by atoms with Gasteiger partial charge in [-0.2, -0.15) is 0 Å². The summed E-state index contributed by atoms with van der Waals surface area (Å²) in [5, 5.41) is 3.87. The number of nitrogens with one attached hydrogen (secondary N) is 1. The van der Waals surface area contributed by atoms with E-state index in [1.54, 1.807) is 18.6 Å². The molecule has 0 saturated carbocycles. The molecule has 4 heterocycles. The first-order valence-corrected chi connectivity index (χ1v) is 14.9. The minimum absolute atomic E-state index is 0.226. The number of benzene rings is 1. The summed E-state index contributed by atoms with van der Waals surface area (Å²) in [7, 11) is 3.97. The molecule has 0 spiro atoms. The number of para-hydroxylation sites is 1. The zero-order chi connectivity index (χ0) is 28.6. The molecule has 40 heavy (non-hydrogen) atoms. The molecular formula is C30H36N6O3S. The summed E-state index contributed by atoms with van der Waals surface area (Å²) >= 11 is -1.32. The molecule has 0 radical (unpaired) electrons. The quantitative estimate of drug-likeness (QED) is 0.338. The second-order valence-electron chi connectivity index (χ2n) is 11.2. The van der Waals surface area contributed by atoms with E-state index in [0.29, 0.717) is 27.8 Å². The molecule has 1 N–H and O–H groups in total. The van der Waals surface area contributed by atoms with Gasteiger partial charge in [0.2, 0.25) is 0 Å². The molecule has 9 nitrogen and oxygen atoms in total. The van der Waals surface area contributed by atoms with Crippen LogP contribution in [0.1, 0.15) is 37.0 Å². The van der Waals surface area contributed by atoms with E-state index in [1.807, 2.05) is 74.9 Å². The third-order valence-electron chi connectivity index (χ3n) is 7.22. The zero-order valence-corrected chi connectivity index (χ0v) is 24.7. The van der Waals surface area contributed by atoms with E-state index in [-0.39, 0.29) is 11.3 Å². The van der Waals surface area contributed by atoms with Gasteiger partial charge in [-0.3, -0.25) is 9.78 Å². The highest BCUT2D eigenvalue weighted by Gasteiger charge is 2.24. The van der Waals surface area contributed by atoms with Crippen molar-refractivity contribution in [3.8, 4) is 11.5 Å². The monoisotopic (exact) mass is 560 g/mol. The summed E-state index contributed by atoms with van der Waals surface area (Å²) in [5.41, 5.74) is 2.34. The van der Waals surface area contributed by atoms with Crippen LogP contribution in [-0.2, 0) is 23.6 Å². The fourth-order valence-corrected chi connectivity index (χ4v) is 5.47. The van der Waals surface area contributed by atoms with Crippen molar-refractivity contribution < 1.29 is 14.1 Å². The van der Waals surface area contributed by atoms with Crippen LogP contribution < -0.4 is 15.0 Å². The lowest BCUT2D eigenvalue weighted by Gasteiger charge is -2.33. The first-order chi connectivity index (χ1) is 19.0. The number of carbonyl (C=O) groups excluding carboxylic acids is 1. The van der Waals surface area contributed by atoms with Crippen molar-refractivity contribution in [3.05, 3.63) is 66.2 Å². The molecule has 1 aromatic carbocycles. The first-order valence-electron chi connectivity index (χ1n) is 13.3. The fourth-order valence-electron chi connectivity index (χ4n) is 4.84. The average Bonchev–Trinajstić information content (AvgIpc) is 3.26. The molecule has 210 valence electrons. The molecule has 10 heteroatoms. The summed E-state index contributed by atoms with van der Waals surface area (Å²) in [6.07, 6.45) is 4.94. The van der Waals surface area contributed by atoms with Gasteiger partial charge in [-0.25, -0.2) is 4.98 Å². The Morgan fingerprint density at radius 3 is 2.50 bits per heavy atom. The second kappa shape index (κ2) is 11.1. The maximum absolute atomic E-state index is 13.5. The predicted molar refractivity (Wildman–Crippen MR) is 160 cm³/mol. The van der Waals surface area contributed by atoms with Gasteiger partial charge < -0.3 is 29.0 Å². The van der Waals surface area contributed by atoms with Gasteiger partial charge in [0.1, 0.15) is 29.2 Å². The fraction of sp³-hybridized carbons (Fsp3) is 0.367. The number of aryl methyl sites for hydroxylation is 1. The lowest BCUT2D eigenvalue weighted by Crippen LogP contribution is -2.44. The Balaban J connectivity index is 1.43. The highest BCUT2D eigenvalue weighted by atomic mass is 32.2. The van der Waals surface area contributed by atoms with E-state index < -0.39 is 11.2 Å².